The van der Waals surface area contributed by atoms with Gasteiger partial charge in [0.05, 0.1) is 21.2 Å². The largest absolute Gasteiger partial charge is 0.417 e. The van der Waals surface area contributed by atoms with Crippen molar-refractivity contribution in [2.45, 2.75) is 70.2 Å². The van der Waals surface area contributed by atoms with E-state index in [1.165, 1.54) is 17.0 Å². The molecule has 49 heavy (non-hydrogen) atoms. The van der Waals surface area contributed by atoms with Crippen LogP contribution in [-0.4, -0.2) is 43.8 Å². The maximum atomic E-state index is 14.6. The van der Waals surface area contributed by atoms with Gasteiger partial charge in [0.25, 0.3) is 10.0 Å². The van der Waals surface area contributed by atoms with Crippen LogP contribution in [0.1, 0.15) is 48.1 Å². The molecule has 4 aromatic rings. The first-order valence-corrected chi connectivity index (χ1v) is 17.6. The van der Waals surface area contributed by atoms with E-state index in [9.17, 15) is 31.2 Å². The highest BCUT2D eigenvalue weighted by molar-refractivity contribution is 7.92. The fraction of sp³-hybridized carbons (Fsp3) is 0.297. The predicted molar refractivity (Wildman–Crippen MR) is 186 cm³/mol. The zero-order valence-corrected chi connectivity index (χ0v) is 29.2. The van der Waals surface area contributed by atoms with E-state index in [1.807, 2.05) is 51.1 Å². The highest BCUT2D eigenvalue weighted by Gasteiger charge is 2.38. The monoisotopic (exact) mass is 713 g/mol. The van der Waals surface area contributed by atoms with Crippen molar-refractivity contribution < 1.29 is 31.2 Å². The van der Waals surface area contributed by atoms with E-state index in [0.717, 1.165) is 28.8 Å². The normalized spacial score (nSPS) is 13.0. The molecule has 0 spiro atoms. The molecule has 0 aromatic heterocycles. The van der Waals surface area contributed by atoms with E-state index >= 15 is 0 Å². The lowest BCUT2D eigenvalue weighted by molar-refractivity contribution is -0.140. The molecule has 0 saturated carbocycles. The van der Waals surface area contributed by atoms with Gasteiger partial charge in [-0.05, 0) is 68.7 Å². The number of hydrogen-bond donors (Lipinski definition) is 1. The summed E-state index contributed by atoms with van der Waals surface area (Å²) in [6.45, 7) is 6.40. The fourth-order valence-electron chi connectivity index (χ4n) is 5.25. The maximum Gasteiger partial charge on any atom is 0.417 e. The summed E-state index contributed by atoms with van der Waals surface area (Å²) < 4.78 is 71.0. The average molecular weight is 714 g/mol. The summed E-state index contributed by atoms with van der Waals surface area (Å²) in [5.74, 6) is -1.24. The van der Waals surface area contributed by atoms with Crippen LogP contribution < -0.4 is 9.62 Å². The minimum Gasteiger partial charge on any atom is -0.352 e. The van der Waals surface area contributed by atoms with Crippen molar-refractivity contribution in [1.29, 1.82) is 0 Å². The molecule has 2 unspecified atom stereocenters. The maximum absolute atomic E-state index is 14.6. The molecule has 0 aliphatic heterocycles. The Labute approximate surface area is 290 Å². The van der Waals surface area contributed by atoms with Gasteiger partial charge in [0.1, 0.15) is 12.6 Å². The van der Waals surface area contributed by atoms with Gasteiger partial charge in [-0.3, -0.25) is 13.9 Å². The van der Waals surface area contributed by atoms with E-state index in [-0.39, 0.29) is 23.9 Å². The van der Waals surface area contributed by atoms with Gasteiger partial charge in [-0.2, -0.15) is 13.2 Å². The number of alkyl halides is 3. The Hall–Kier alpha value is -4.35. The molecular weight excluding hydrogens is 675 g/mol. The number of halogens is 4. The van der Waals surface area contributed by atoms with Crippen molar-refractivity contribution in [1.82, 2.24) is 10.2 Å². The Balaban J connectivity index is 1.87. The summed E-state index contributed by atoms with van der Waals surface area (Å²) in [4.78, 5) is 29.6. The Bertz CT molecular complexity index is 1870. The molecule has 0 aliphatic carbocycles. The molecule has 260 valence electrons. The first-order chi connectivity index (χ1) is 23.1. The van der Waals surface area contributed by atoms with Crippen LogP contribution in [0.15, 0.2) is 102 Å². The molecule has 12 heteroatoms. The minimum absolute atomic E-state index is 0.0707. The third-order valence-corrected chi connectivity index (χ3v) is 10.3. The summed E-state index contributed by atoms with van der Waals surface area (Å²) in [6, 6.07) is 23.5. The van der Waals surface area contributed by atoms with Gasteiger partial charge in [-0.15, -0.1) is 0 Å². The number of hydrogen-bond acceptors (Lipinski definition) is 4. The number of nitrogens with zero attached hydrogens (tertiary/aromatic N) is 2. The van der Waals surface area contributed by atoms with E-state index in [4.69, 9.17) is 11.6 Å². The first kappa shape index (κ1) is 37.5. The van der Waals surface area contributed by atoms with Crippen molar-refractivity contribution in [2.75, 3.05) is 10.8 Å². The van der Waals surface area contributed by atoms with Gasteiger partial charge in [0, 0.05) is 19.0 Å². The standard InChI is InChI=1S/C37H39ClF3N3O4S/c1-5-27(4)42-36(46)34(21-28-11-7-6-8-12-28)43(23-29-13-9-10-26(3)20-29)35(45)24-44(49(47,48)31-17-14-25(2)15-18-31)30-16-19-33(38)32(22-30)37(39,40)41/h6-20,22,27,34H,5,21,23-24H2,1-4H3,(H,42,46). The summed E-state index contributed by atoms with van der Waals surface area (Å²) in [7, 11) is -4.61. The summed E-state index contributed by atoms with van der Waals surface area (Å²) in [5, 5.41) is 2.33. The van der Waals surface area contributed by atoms with Crippen molar-refractivity contribution in [3.8, 4) is 0 Å². The van der Waals surface area contributed by atoms with Gasteiger partial charge in [-0.25, -0.2) is 8.42 Å². The number of aryl methyl sites for hydroxylation is 2. The van der Waals surface area contributed by atoms with Gasteiger partial charge >= 0.3 is 6.18 Å². The smallest absolute Gasteiger partial charge is 0.352 e. The Morgan fingerprint density at radius 1 is 0.857 bits per heavy atom. The van der Waals surface area contributed by atoms with Gasteiger partial charge in [0.2, 0.25) is 11.8 Å². The number of carbonyl (C=O) groups is 2. The van der Waals surface area contributed by atoms with E-state index < -0.39 is 56.9 Å². The van der Waals surface area contributed by atoms with Crippen LogP contribution in [0.25, 0.3) is 0 Å². The molecule has 4 aromatic carbocycles. The van der Waals surface area contributed by atoms with Crippen LogP contribution >= 0.6 is 11.6 Å². The SMILES string of the molecule is CCC(C)NC(=O)C(Cc1ccccc1)N(Cc1cccc(C)c1)C(=O)CN(c1ccc(Cl)c(C(F)(F)F)c1)S(=O)(=O)c1ccc(C)cc1. The third kappa shape index (κ3) is 9.64. The zero-order valence-electron chi connectivity index (χ0n) is 27.7. The molecular formula is C37H39ClF3N3O4S. The van der Waals surface area contributed by atoms with Crippen molar-refractivity contribution in [2.24, 2.45) is 0 Å². The molecule has 2 atom stereocenters. The number of amides is 2. The fourth-order valence-corrected chi connectivity index (χ4v) is 6.88. The molecule has 0 aliphatic rings. The zero-order chi connectivity index (χ0) is 35.9. The van der Waals surface area contributed by atoms with E-state index in [2.05, 4.69) is 5.32 Å². The van der Waals surface area contributed by atoms with Crippen molar-refractivity contribution >= 4 is 39.1 Å². The highest BCUT2D eigenvalue weighted by atomic mass is 35.5. The molecule has 0 heterocycles. The number of benzene rings is 4. The average Bonchev–Trinajstić information content (AvgIpc) is 3.05. The van der Waals surface area contributed by atoms with Crippen LogP contribution in [0, 0.1) is 13.8 Å². The van der Waals surface area contributed by atoms with E-state index in [0.29, 0.717) is 22.4 Å². The van der Waals surface area contributed by atoms with Gasteiger partial charge in [0.15, 0.2) is 0 Å². The molecule has 7 nitrogen and oxygen atoms in total. The lowest BCUT2D eigenvalue weighted by atomic mass is 10.0. The van der Waals surface area contributed by atoms with Crippen LogP contribution in [0.5, 0.6) is 0 Å². The summed E-state index contributed by atoms with van der Waals surface area (Å²) >= 11 is 5.89. The molecule has 2 amide bonds. The Kier molecular flexibility index (Phi) is 12.2. The lowest BCUT2D eigenvalue weighted by Crippen LogP contribution is -2.54. The summed E-state index contributed by atoms with van der Waals surface area (Å²) in [5.41, 5.74) is 1.43. The number of rotatable bonds is 13. The molecule has 1 N–H and O–H groups in total. The number of carbonyl (C=O) groups excluding carboxylic acids is 2. The first-order valence-electron chi connectivity index (χ1n) is 15.8. The van der Waals surface area contributed by atoms with Gasteiger partial charge < -0.3 is 10.2 Å². The molecule has 4 rings (SSSR count). The Morgan fingerprint density at radius 2 is 1.51 bits per heavy atom. The van der Waals surface area contributed by atoms with Crippen LogP contribution in [0.4, 0.5) is 18.9 Å². The number of anilines is 1. The lowest BCUT2D eigenvalue weighted by Gasteiger charge is -2.34. The van der Waals surface area contributed by atoms with Crippen molar-refractivity contribution in [3.05, 3.63) is 130 Å². The second-order valence-electron chi connectivity index (χ2n) is 12.0. The molecule has 0 bridgehead atoms. The van der Waals surface area contributed by atoms with Crippen LogP contribution in [0.2, 0.25) is 5.02 Å². The third-order valence-electron chi connectivity index (χ3n) is 8.14. The summed E-state index contributed by atoms with van der Waals surface area (Å²) in [6.07, 6.45) is -4.18. The van der Waals surface area contributed by atoms with Crippen LogP contribution in [0.3, 0.4) is 0 Å². The number of sulfonamides is 1. The highest BCUT2D eigenvalue weighted by Crippen LogP contribution is 2.38. The predicted octanol–water partition coefficient (Wildman–Crippen LogP) is 7.73. The minimum atomic E-state index is -4.90. The van der Waals surface area contributed by atoms with E-state index in [1.54, 1.807) is 43.3 Å². The molecule has 0 fully saturated rings. The quantitative estimate of drug-likeness (QED) is 0.154. The number of nitrogens with one attached hydrogen (secondary N) is 1. The second-order valence-corrected chi connectivity index (χ2v) is 14.3. The van der Waals surface area contributed by atoms with Crippen molar-refractivity contribution in [3.63, 3.8) is 0 Å². The topological polar surface area (TPSA) is 86.8 Å². The molecule has 0 radical (unpaired) electrons. The Morgan fingerprint density at radius 3 is 2.12 bits per heavy atom. The second kappa shape index (κ2) is 15.9. The molecule has 0 saturated heterocycles. The van der Waals surface area contributed by atoms with Gasteiger partial charge in [-0.1, -0.05) is 96.4 Å². The van der Waals surface area contributed by atoms with Crippen LogP contribution in [-0.2, 0) is 38.8 Å².